The van der Waals surface area contributed by atoms with Gasteiger partial charge < -0.3 is 10.6 Å². The highest BCUT2D eigenvalue weighted by molar-refractivity contribution is 6.30. The monoisotopic (exact) mass is 247 g/mol. The van der Waals surface area contributed by atoms with Crippen molar-refractivity contribution in [1.29, 1.82) is 0 Å². The number of pyridine rings is 1. The van der Waals surface area contributed by atoms with Gasteiger partial charge >= 0.3 is 0 Å². The number of rotatable bonds is 4. The summed E-state index contributed by atoms with van der Waals surface area (Å²) in [6, 6.07) is 11.5. The van der Waals surface area contributed by atoms with Crippen LogP contribution in [-0.2, 0) is 6.54 Å². The molecule has 1 aromatic heterocycles. The first-order valence-electron chi connectivity index (χ1n) is 5.40. The molecule has 0 saturated heterocycles. The zero-order valence-electron chi connectivity index (χ0n) is 9.57. The molecule has 17 heavy (non-hydrogen) atoms. The van der Waals surface area contributed by atoms with Crippen molar-refractivity contribution in [3.8, 4) is 0 Å². The smallest absolute Gasteiger partial charge is 0.134 e. The molecule has 0 unspecified atom stereocenters. The van der Waals surface area contributed by atoms with Crippen LogP contribution < -0.4 is 10.6 Å². The van der Waals surface area contributed by atoms with Crippen molar-refractivity contribution < 1.29 is 0 Å². The van der Waals surface area contributed by atoms with Gasteiger partial charge in [0.2, 0.25) is 0 Å². The van der Waals surface area contributed by atoms with Crippen molar-refractivity contribution in [1.82, 2.24) is 10.3 Å². The van der Waals surface area contributed by atoms with E-state index in [-0.39, 0.29) is 0 Å². The number of nitrogens with one attached hydrogen (secondary N) is 2. The quantitative estimate of drug-likeness (QED) is 0.871. The van der Waals surface area contributed by atoms with Gasteiger partial charge in [-0.15, -0.1) is 0 Å². The van der Waals surface area contributed by atoms with E-state index in [0.29, 0.717) is 0 Å². The van der Waals surface area contributed by atoms with Gasteiger partial charge in [0.1, 0.15) is 5.82 Å². The molecule has 0 atom stereocenters. The van der Waals surface area contributed by atoms with Crippen LogP contribution in [0.5, 0.6) is 0 Å². The Balaban J connectivity index is 2.20. The van der Waals surface area contributed by atoms with E-state index in [1.165, 1.54) is 0 Å². The Morgan fingerprint density at radius 2 is 1.94 bits per heavy atom. The maximum absolute atomic E-state index is 5.84. The number of anilines is 2. The number of halogens is 1. The first-order valence-corrected chi connectivity index (χ1v) is 5.78. The highest BCUT2D eigenvalue weighted by Crippen LogP contribution is 2.20. The fraction of sp³-hybridized carbons (Fsp3) is 0.154. The van der Waals surface area contributed by atoms with Crippen LogP contribution in [0.25, 0.3) is 0 Å². The summed E-state index contributed by atoms with van der Waals surface area (Å²) in [5.41, 5.74) is 2.11. The summed E-state index contributed by atoms with van der Waals surface area (Å²) in [6.07, 6.45) is 1.78. The Bertz CT molecular complexity index is 482. The van der Waals surface area contributed by atoms with Crippen LogP contribution in [0.2, 0.25) is 5.02 Å². The maximum Gasteiger partial charge on any atom is 0.134 e. The Morgan fingerprint density at radius 1 is 1.18 bits per heavy atom. The van der Waals surface area contributed by atoms with Crippen molar-refractivity contribution >= 4 is 23.1 Å². The predicted octanol–water partition coefficient (Wildman–Crippen LogP) is 3.20. The van der Waals surface area contributed by atoms with Gasteiger partial charge in [-0.1, -0.05) is 17.7 Å². The second kappa shape index (κ2) is 5.66. The summed E-state index contributed by atoms with van der Waals surface area (Å²) in [4.78, 5) is 4.33. The Hall–Kier alpha value is -1.58. The minimum absolute atomic E-state index is 0.729. The minimum Gasteiger partial charge on any atom is -0.340 e. The summed E-state index contributed by atoms with van der Waals surface area (Å²) >= 11 is 5.84. The highest BCUT2D eigenvalue weighted by atomic mass is 35.5. The zero-order chi connectivity index (χ0) is 12.1. The lowest BCUT2D eigenvalue weighted by Gasteiger charge is -2.10. The molecule has 0 aliphatic rings. The molecule has 2 rings (SSSR count). The molecule has 2 N–H and O–H groups in total. The Kier molecular flexibility index (Phi) is 3.96. The number of hydrogen-bond donors (Lipinski definition) is 2. The van der Waals surface area contributed by atoms with E-state index in [1.54, 1.807) is 6.20 Å². The standard InChI is InChI=1S/C13H14ClN3/c1-15-9-10-3-2-8-16-13(10)17-12-6-4-11(14)5-7-12/h2-8,15H,9H2,1H3,(H,16,17). The van der Waals surface area contributed by atoms with Gasteiger partial charge in [-0.05, 0) is 37.4 Å². The normalized spacial score (nSPS) is 10.2. The lowest BCUT2D eigenvalue weighted by atomic mass is 10.2. The van der Waals surface area contributed by atoms with E-state index >= 15 is 0 Å². The summed E-state index contributed by atoms with van der Waals surface area (Å²) in [6.45, 7) is 0.782. The van der Waals surface area contributed by atoms with Crippen molar-refractivity contribution in [2.75, 3.05) is 12.4 Å². The molecule has 0 spiro atoms. The van der Waals surface area contributed by atoms with E-state index < -0.39 is 0 Å². The molecule has 0 saturated carbocycles. The van der Waals surface area contributed by atoms with E-state index in [2.05, 4.69) is 15.6 Å². The molecular formula is C13H14ClN3. The van der Waals surface area contributed by atoms with E-state index in [0.717, 1.165) is 28.6 Å². The third kappa shape index (κ3) is 3.19. The molecule has 4 heteroatoms. The van der Waals surface area contributed by atoms with Crippen molar-refractivity contribution in [2.45, 2.75) is 6.54 Å². The van der Waals surface area contributed by atoms with Gasteiger partial charge in [-0.3, -0.25) is 0 Å². The van der Waals surface area contributed by atoms with E-state index in [4.69, 9.17) is 11.6 Å². The van der Waals surface area contributed by atoms with Crippen LogP contribution in [0.4, 0.5) is 11.5 Å². The van der Waals surface area contributed by atoms with Gasteiger partial charge in [-0.25, -0.2) is 4.98 Å². The predicted molar refractivity (Wildman–Crippen MR) is 71.7 cm³/mol. The molecule has 2 aromatic rings. The molecule has 0 fully saturated rings. The topological polar surface area (TPSA) is 37.0 Å². The molecule has 3 nitrogen and oxygen atoms in total. The molecule has 1 aromatic carbocycles. The molecule has 0 aliphatic carbocycles. The van der Waals surface area contributed by atoms with Gasteiger partial charge in [0.15, 0.2) is 0 Å². The molecule has 88 valence electrons. The fourth-order valence-corrected chi connectivity index (χ4v) is 1.68. The zero-order valence-corrected chi connectivity index (χ0v) is 10.3. The first kappa shape index (κ1) is 11.9. The fourth-order valence-electron chi connectivity index (χ4n) is 1.55. The van der Waals surface area contributed by atoms with Gasteiger partial charge in [0, 0.05) is 29.0 Å². The molecule has 0 bridgehead atoms. The molecule has 1 heterocycles. The highest BCUT2D eigenvalue weighted by Gasteiger charge is 2.02. The van der Waals surface area contributed by atoms with Crippen LogP contribution in [0, 0.1) is 0 Å². The number of benzene rings is 1. The maximum atomic E-state index is 5.84. The van der Waals surface area contributed by atoms with Crippen molar-refractivity contribution in [3.05, 3.63) is 53.2 Å². The second-order valence-corrected chi connectivity index (χ2v) is 4.11. The van der Waals surface area contributed by atoms with E-state index in [1.807, 2.05) is 43.4 Å². The second-order valence-electron chi connectivity index (χ2n) is 3.67. The molecule has 0 amide bonds. The average Bonchev–Trinajstić information content (AvgIpc) is 2.35. The van der Waals surface area contributed by atoms with Gasteiger partial charge in [0.25, 0.3) is 0 Å². The number of nitrogens with zero attached hydrogens (tertiary/aromatic N) is 1. The molecule has 0 radical (unpaired) electrons. The Labute approximate surface area is 106 Å². The lowest BCUT2D eigenvalue weighted by molar-refractivity contribution is 0.815. The first-order chi connectivity index (χ1) is 8.29. The van der Waals surface area contributed by atoms with Crippen LogP contribution in [0.1, 0.15) is 5.56 Å². The van der Waals surface area contributed by atoms with Crippen molar-refractivity contribution in [2.24, 2.45) is 0 Å². The summed E-state index contributed by atoms with van der Waals surface area (Å²) in [7, 11) is 1.92. The van der Waals surface area contributed by atoms with Crippen LogP contribution >= 0.6 is 11.6 Å². The Morgan fingerprint density at radius 3 is 2.65 bits per heavy atom. The summed E-state index contributed by atoms with van der Waals surface area (Å²) in [5, 5.41) is 7.12. The SMILES string of the molecule is CNCc1cccnc1Nc1ccc(Cl)cc1. The lowest BCUT2D eigenvalue weighted by Crippen LogP contribution is -2.08. The van der Waals surface area contributed by atoms with Gasteiger partial charge in [-0.2, -0.15) is 0 Å². The summed E-state index contributed by atoms with van der Waals surface area (Å²) in [5.74, 6) is 0.865. The van der Waals surface area contributed by atoms with Crippen LogP contribution in [0.3, 0.4) is 0 Å². The third-order valence-electron chi connectivity index (χ3n) is 2.37. The largest absolute Gasteiger partial charge is 0.340 e. The average molecular weight is 248 g/mol. The number of aromatic nitrogens is 1. The van der Waals surface area contributed by atoms with Crippen LogP contribution in [0.15, 0.2) is 42.6 Å². The van der Waals surface area contributed by atoms with Gasteiger partial charge in [0.05, 0.1) is 0 Å². The van der Waals surface area contributed by atoms with Crippen molar-refractivity contribution in [3.63, 3.8) is 0 Å². The summed E-state index contributed by atoms with van der Waals surface area (Å²) < 4.78 is 0. The minimum atomic E-state index is 0.729. The number of hydrogen-bond acceptors (Lipinski definition) is 3. The van der Waals surface area contributed by atoms with E-state index in [9.17, 15) is 0 Å². The van der Waals surface area contributed by atoms with Crippen LogP contribution in [-0.4, -0.2) is 12.0 Å². The molecular weight excluding hydrogens is 234 g/mol. The molecule has 0 aliphatic heterocycles. The third-order valence-corrected chi connectivity index (χ3v) is 2.62.